The third-order valence-electron chi connectivity index (χ3n) is 2.20. The summed E-state index contributed by atoms with van der Waals surface area (Å²) in [5.41, 5.74) is 8.68. The van der Waals surface area contributed by atoms with Crippen molar-refractivity contribution in [1.29, 1.82) is 0 Å². The van der Waals surface area contributed by atoms with Gasteiger partial charge in [0.15, 0.2) is 0 Å². The van der Waals surface area contributed by atoms with E-state index in [0.29, 0.717) is 0 Å². The number of phenolic OH excluding ortho intramolecular Hbond substituents is 1. The Balaban J connectivity index is 2.32. The van der Waals surface area contributed by atoms with Crippen molar-refractivity contribution in [3.63, 3.8) is 0 Å². The molecular weight excluding hydrogens is 178 g/mol. The van der Waals surface area contributed by atoms with Crippen LogP contribution in [0.25, 0.3) is 5.70 Å². The SMILES string of the molecule is CC1=C(c2ccc(O)cc2)NC(N)N1. The average Bonchev–Trinajstić information content (AvgIpc) is 2.47. The fourth-order valence-corrected chi connectivity index (χ4v) is 1.53. The monoisotopic (exact) mass is 191 g/mol. The number of hydrogen-bond acceptors (Lipinski definition) is 4. The normalized spacial score (nSPS) is 20.6. The molecule has 5 N–H and O–H groups in total. The summed E-state index contributed by atoms with van der Waals surface area (Å²) in [6.45, 7) is 1.96. The third-order valence-corrected chi connectivity index (χ3v) is 2.20. The minimum atomic E-state index is -0.223. The smallest absolute Gasteiger partial charge is 0.150 e. The van der Waals surface area contributed by atoms with Gasteiger partial charge < -0.3 is 15.7 Å². The van der Waals surface area contributed by atoms with Crippen molar-refractivity contribution in [2.45, 2.75) is 13.2 Å². The summed E-state index contributed by atoms with van der Waals surface area (Å²) < 4.78 is 0. The van der Waals surface area contributed by atoms with Gasteiger partial charge in [-0.25, -0.2) is 0 Å². The Labute approximate surface area is 82.4 Å². The minimum absolute atomic E-state index is 0.223. The summed E-state index contributed by atoms with van der Waals surface area (Å²) in [5, 5.41) is 15.3. The molecule has 0 fully saturated rings. The number of benzene rings is 1. The molecule has 0 radical (unpaired) electrons. The number of allylic oxidation sites excluding steroid dienone is 1. The molecule has 1 aliphatic rings. The molecule has 4 heteroatoms. The van der Waals surface area contributed by atoms with Gasteiger partial charge >= 0.3 is 0 Å². The van der Waals surface area contributed by atoms with Gasteiger partial charge in [0.1, 0.15) is 12.0 Å². The minimum Gasteiger partial charge on any atom is -0.508 e. The van der Waals surface area contributed by atoms with E-state index in [1.807, 2.05) is 19.1 Å². The maximum atomic E-state index is 9.14. The van der Waals surface area contributed by atoms with E-state index in [2.05, 4.69) is 10.6 Å². The number of phenols is 1. The first kappa shape index (κ1) is 8.90. The quantitative estimate of drug-likeness (QED) is 0.522. The van der Waals surface area contributed by atoms with E-state index < -0.39 is 0 Å². The van der Waals surface area contributed by atoms with Crippen molar-refractivity contribution in [3.8, 4) is 5.75 Å². The fourth-order valence-electron chi connectivity index (χ4n) is 1.53. The second kappa shape index (κ2) is 3.23. The molecule has 1 aromatic rings. The summed E-state index contributed by atoms with van der Waals surface area (Å²) >= 11 is 0. The Morgan fingerprint density at radius 3 is 2.36 bits per heavy atom. The lowest BCUT2D eigenvalue weighted by Gasteiger charge is -2.07. The Morgan fingerprint density at radius 2 is 1.86 bits per heavy atom. The van der Waals surface area contributed by atoms with Crippen LogP contribution in [0.3, 0.4) is 0 Å². The highest BCUT2D eigenvalue weighted by Gasteiger charge is 2.16. The highest BCUT2D eigenvalue weighted by atomic mass is 16.3. The lowest BCUT2D eigenvalue weighted by molar-refractivity contribution is 0.475. The van der Waals surface area contributed by atoms with E-state index in [9.17, 15) is 0 Å². The molecule has 0 saturated heterocycles. The molecular formula is C10H13N3O. The largest absolute Gasteiger partial charge is 0.508 e. The molecule has 1 atom stereocenters. The van der Waals surface area contributed by atoms with Crippen molar-refractivity contribution >= 4 is 5.70 Å². The Morgan fingerprint density at radius 1 is 1.21 bits per heavy atom. The Hall–Kier alpha value is -1.68. The maximum Gasteiger partial charge on any atom is 0.150 e. The number of aromatic hydroxyl groups is 1. The Bertz CT molecular complexity index is 369. The topological polar surface area (TPSA) is 70.3 Å². The van der Waals surface area contributed by atoms with E-state index in [1.54, 1.807) is 12.1 Å². The summed E-state index contributed by atoms with van der Waals surface area (Å²) in [6.07, 6.45) is -0.223. The molecule has 1 unspecified atom stereocenters. The van der Waals surface area contributed by atoms with Crippen molar-refractivity contribution < 1.29 is 5.11 Å². The molecule has 0 aromatic heterocycles. The highest BCUT2D eigenvalue weighted by molar-refractivity contribution is 5.68. The van der Waals surface area contributed by atoms with Crippen LogP contribution in [0.5, 0.6) is 5.75 Å². The van der Waals surface area contributed by atoms with Crippen LogP contribution in [0.1, 0.15) is 12.5 Å². The summed E-state index contributed by atoms with van der Waals surface area (Å²) in [6, 6.07) is 7.00. The van der Waals surface area contributed by atoms with Crippen LogP contribution in [-0.2, 0) is 0 Å². The highest BCUT2D eigenvalue weighted by Crippen LogP contribution is 2.20. The second-order valence-corrected chi connectivity index (χ2v) is 3.31. The van der Waals surface area contributed by atoms with Gasteiger partial charge in [-0.1, -0.05) is 0 Å². The van der Waals surface area contributed by atoms with Gasteiger partial charge in [-0.3, -0.25) is 5.73 Å². The van der Waals surface area contributed by atoms with E-state index in [0.717, 1.165) is 17.0 Å². The van der Waals surface area contributed by atoms with E-state index >= 15 is 0 Å². The van der Waals surface area contributed by atoms with Crippen molar-refractivity contribution in [1.82, 2.24) is 10.6 Å². The molecule has 1 aromatic carbocycles. The standard InChI is InChI=1S/C10H13N3O/c1-6-9(13-10(11)12-6)7-2-4-8(14)5-3-7/h2-5,10,12-14H,11H2,1H3. The first-order valence-electron chi connectivity index (χ1n) is 4.46. The van der Waals surface area contributed by atoms with Gasteiger partial charge in [-0.15, -0.1) is 0 Å². The second-order valence-electron chi connectivity index (χ2n) is 3.31. The van der Waals surface area contributed by atoms with Gasteiger partial charge in [0.05, 0.1) is 5.70 Å². The number of nitrogens with two attached hydrogens (primary N) is 1. The van der Waals surface area contributed by atoms with Crippen LogP contribution in [0.15, 0.2) is 30.0 Å². The van der Waals surface area contributed by atoms with Crippen LogP contribution in [0.2, 0.25) is 0 Å². The molecule has 1 heterocycles. The van der Waals surface area contributed by atoms with Crippen LogP contribution >= 0.6 is 0 Å². The zero-order valence-electron chi connectivity index (χ0n) is 7.91. The summed E-state index contributed by atoms with van der Waals surface area (Å²) in [4.78, 5) is 0. The van der Waals surface area contributed by atoms with Crippen molar-refractivity contribution in [2.24, 2.45) is 5.73 Å². The molecule has 1 aliphatic heterocycles. The lowest BCUT2D eigenvalue weighted by atomic mass is 10.1. The Kier molecular flexibility index (Phi) is 2.05. The van der Waals surface area contributed by atoms with Gasteiger partial charge in [0.2, 0.25) is 0 Å². The fraction of sp³-hybridized carbons (Fsp3) is 0.200. The van der Waals surface area contributed by atoms with Gasteiger partial charge in [-0.05, 0) is 36.8 Å². The van der Waals surface area contributed by atoms with E-state index in [-0.39, 0.29) is 12.0 Å². The molecule has 14 heavy (non-hydrogen) atoms. The lowest BCUT2D eigenvalue weighted by Crippen LogP contribution is -2.41. The zero-order chi connectivity index (χ0) is 10.1. The van der Waals surface area contributed by atoms with E-state index in [1.165, 1.54) is 0 Å². The van der Waals surface area contributed by atoms with Gasteiger partial charge in [0, 0.05) is 5.70 Å². The maximum absolute atomic E-state index is 9.14. The van der Waals surface area contributed by atoms with Crippen LogP contribution < -0.4 is 16.4 Å². The molecule has 0 spiro atoms. The third kappa shape index (κ3) is 1.52. The summed E-state index contributed by atoms with van der Waals surface area (Å²) in [7, 11) is 0. The summed E-state index contributed by atoms with van der Waals surface area (Å²) in [5.74, 6) is 0.266. The van der Waals surface area contributed by atoms with Crippen LogP contribution in [0.4, 0.5) is 0 Å². The van der Waals surface area contributed by atoms with E-state index in [4.69, 9.17) is 10.8 Å². The van der Waals surface area contributed by atoms with Crippen molar-refractivity contribution in [2.75, 3.05) is 0 Å². The molecule has 0 aliphatic carbocycles. The molecule has 0 bridgehead atoms. The van der Waals surface area contributed by atoms with Crippen LogP contribution in [-0.4, -0.2) is 11.4 Å². The molecule has 74 valence electrons. The van der Waals surface area contributed by atoms with Crippen LogP contribution in [0, 0.1) is 0 Å². The number of rotatable bonds is 1. The number of hydrogen-bond donors (Lipinski definition) is 4. The predicted octanol–water partition coefficient (Wildman–Crippen LogP) is 0.516. The average molecular weight is 191 g/mol. The predicted molar refractivity (Wildman–Crippen MR) is 54.9 cm³/mol. The van der Waals surface area contributed by atoms with Gasteiger partial charge in [0.25, 0.3) is 0 Å². The van der Waals surface area contributed by atoms with Crippen molar-refractivity contribution in [3.05, 3.63) is 35.5 Å². The first-order valence-corrected chi connectivity index (χ1v) is 4.46. The molecule has 0 amide bonds. The molecule has 2 rings (SSSR count). The first-order chi connectivity index (χ1) is 6.66. The van der Waals surface area contributed by atoms with Gasteiger partial charge in [-0.2, -0.15) is 0 Å². The molecule has 4 nitrogen and oxygen atoms in total. The zero-order valence-corrected chi connectivity index (χ0v) is 7.91. The molecule has 0 saturated carbocycles. The number of nitrogens with one attached hydrogen (secondary N) is 2.